The first-order valence-corrected chi connectivity index (χ1v) is 7.62. The van der Waals surface area contributed by atoms with Crippen molar-refractivity contribution in [2.75, 3.05) is 6.54 Å². The molecular formula is C16H17F3N2O2. The number of rotatable bonds is 1. The van der Waals surface area contributed by atoms with Gasteiger partial charge in [-0.25, -0.2) is 0 Å². The second-order valence-electron chi connectivity index (χ2n) is 6.00. The quantitative estimate of drug-likeness (QED) is 0.861. The van der Waals surface area contributed by atoms with Gasteiger partial charge in [-0.15, -0.1) is 0 Å². The van der Waals surface area contributed by atoms with Gasteiger partial charge < -0.3 is 10.2 Å². The molecule has 1 fully saturated rings. The van der Waals surface area contributed by atoms with Gasteiger partial charge in [0.15, 0.2) is 0 Å². The van der Waals surface area contributed by atoms with Crippen LogP contribution >= 0.6 is 0 Å². The molecule has 2 heterocycles. The van der Waals surface area contributed by atoms with Crippen LogP contribution in [0.25, 0.3) is 0 Å². The molecule has 7 heteroatoms. The van der Waals surface area contributed by atoms with Crippen LogP contribution in [-0.2, 0) is 28.7 Å². The Morgan fingerprint density at radius 1 is 1.22 bits per heavy atom. The maximum absolute atomic E-state index is 12.8. The van der Waals surface area contributed by atoms with Crippen molar-refractivity contribution in [3.8, 4) is 0 Å². The van der Waals surface area contributed by atoms with Crippen LogP contribution in [0.2, 0.25) is 0 Å². The number of carbonyl (C=O) groups excluding carboxylic acids is 2. The third-order valence-corrected chi connectivity index (χ3v) is 4.39. The molecule has 0 bridgehead atoms. The van der Waals surface area contributed by atoms with Gasteiger partial charge in [0.05, 0.1) is 5.56 Å². The summed E-state index contributed by atoms with van der Waals surface area (Å²) in [6.07, 6.45) is -2.21. The number of alkyl halides is 3. The highest BCUT2D eigenvalue weighted by Gasteiger charge is 2.33. The zero-order chi connectivity index (χ0) is 16.6. The fourth-order valence-electron chi connectivity index (χ4n) is 3.13. The van der Waals surface area contributed by atoms with E-state index < -0.39 is 17.8 Å². The van der Waals surface area contributed by atoms with Crippen LogP contribution in [0.1, 0.15) is 36.0 Å². The van der Waals surface area contributed by atoms with Gasteiger partial charge in [-0.05, 0) is 42.5 Å². The van der Waals surface area contributed by atoms with E-state index in [1.165, 1.54) is 6.07 Å². The Bertz CT molecular complexity index is 643. The summed E-state index contributed by atoms with van der Waals surface area (Å²) >= 11 is 0. The van der Waals surface area contributed by atoms with E-state index in [0.717, 1.165) is 17.7 Å². The summed E-state index contributed by atoms with van der Waals surface area (Å²) in [5.74, 6) is -0.354. The van der Waals surface area contributed by atoms with Gasteiger partial charge >= 0.3 is 6.18 Å². The number of hydrogen-bond donors (Lipinski definition) is 1. The second-order valence-corrected chi connectivity index (χ2v) is 6.00. The number of carbonyl (C=O) groups is 2. The van der Waals surface area contributed by atoms with Crippen LogP contribution in [0, 0.1) is 0 Å². The number of nitrogens with one attached hydrogen (secondary N) is 1. The summed E-state index contributed by atoms with van der Waals surface area (Å²) in [6.45, 7) is 0.619. The van der Waals surface area contributed by atoms with Gasteiger partial charge in [0.1, 0.15) is 6.04 Å². The van der Waals surface area contributed by atoms with E-state index >= 15 is 0 Å². The van der Waals surface area contributed by atoms with Crippen molar-refractivity contribution in [2.45, 2.75) is 44.4 Å². The Labute approximate surface area is 131 Å². The number of hydrogen-bond acceptors (Lipinski definition) is 2. The molecule has 0 saturated carbocycles. The van der Waals surface area contributed by atoms with Crippen molar-refractivity contribution in [3.05, 3.63) is 34.9 Å². The number of amides is 2. The van der Waals surface area contributed by atoms with E-state index in [1.54, 1.807) is 4.90 Å². The van der Waals surface area contributed by atoms with E-state index in [2.05, 4.69) is 5.32 Å². The summed E-state index contributed by atoms with van der Waals surface area (Å²) in [5, 5.41) is 2.66. The van der Waals surface area contributed by atoms with Gasteiger partial charge in [-0.2, -0.15) is 13.2 Å². The van der Waals surface area contributed by atoms with E-state index in [0.29, 0.717) is 37.8 Å². The average Bonchev–Trinajstić information content (AvgIpc) is 2.52. The van der Waals surface area contributed by atoms with Crippen LogP contribution in [0.5, 0.6) is 0 Å². The van der Waals surface area contributed by atoms with Gasteiger partial charge in [0, 0.05) is 19.5 Å². The maximum Gasteiger partial charge on any atom is 0.416 e. The lowest BCUT2D eigenvalue weighted by Crippen LogP contribution is -2.51. The Morgan fingerprint density at radius 2 is 2.00 bits per heavy atom. The smallest absolute Gasteiger partial charge is 0.344 e. The topological polar surface area (TPSA) is 49.4 Å². The predicted octanol–water partition coefficient (Wildman–Crippen LogP) is 2.26. The zero-order valence-electron chi connectivity index (χ0n) is 12.4. The van der Waals surface area contributed by atoms with Crippen molar-refractivity contribution >= 4 is 11.8 Å². The minimum atomic E-state index is -4.39. The standard InChI is InChI=1S/C16H17F3N2O2/c17-16(18,19)12-5-4-10-6-7-21(9-11(10)8-12)15(23)13-2-1-3-14(22)20-13/h4-5,8,13H,1-3,6-7,9H2,(H,20,22)/t13-/m1/s1. The lowest BCUT2D eigenvalue weighted by atomic mass is 9.95. The molecule has 1 N–H and O–H groups in total. The summed E-state index contributed by atoms with van der Waals surface area (Å²) in [5.41, 5.74) is 0.674. The van der Waals surface area contributed by atoms with Crippen LogP contribution in [-0.4, -0.2) is 29.3 Å². The van der Waals surface area contributed by atoms with Crippen LogP contribution in [0.4, 0.5) is 13.2 Å². The van der Waals surface area contributed by atoms with Gasteiger partial charge in [0.25, 0.3) is 0 Å². The summed E-state index contributed by atoms with van der Waals surface area (Å²) in [6, 6.07) is 3.14. The van der Waals surface area contributed by atoms with E-state index in [9.17, 15) is 22.8 Å². The molecule has 0 radical (unpaired) electrons. The molecule has 0 aliphatic carbocycles. The lowest BCUT2D eigenvalue weighted by molar-refractivity contribution is -0.139. The van der Waals surface area contributed by atoms with Crippen molar-refractivity contribution in [1.82, 2.24) is 10.2 Å². The monoisotopic (exact) mass is 326 g/mol. The number of halogens is 3. The number of piperidine rings is 1. The predicted molar refractivity (Wildman–Crippen MR) is 76.3 cm³/mol. The Balaban J connectivity index is 1.76. The summed E-state index contributed by atoms with van der Waals surface area (Å²) < 4.78 is 38.5. The molecule has 2 aliphatic heterocycles. The molecule has 1 atom stereocenters. The molecule has 23 heavy (non-hydrogen) atoms. The van der Waals surface area contributed by atoms with Crippen LogP contribution in [0.15, 0.2) is 18.2 Å². The fraction of sp³-hybridized carbons (Fsp3) is 0.500. The molecular weight excluding hydrogens is 309 g/mol. The van der Waals surface area contributed by atoms with Gasteiger partial charge in [0.2, 0.25) is 11.8 Å². The highest BCUT2D eigenvalue weighted by molar-refractivity contribution is 5.88. The van der Waals surface area contributed by atoms with Crippen molar-refractivity contribution in [1.29, 1.82) is 0 Å². The first-order valence-electron chi connectivity index (χ1n) is 7.62. The van der Waals surface area contributed by atoms with E-state index in [1.807, 2.05) is 0 Å². The molecule has 0 spiro atoms. The molecule has 2 aliphatic rings. The summed E-state index contributed by atoms with van der Waals surface area (Å²) in [7, 11) is 0. The highest BCUT2D eigenvalue weighted by Crippen LogP contribution is 2.32. The van der Waals surface area contributed by atoms with Gasteiger partial charge in [-0.3, -0.25) is 9.59 Å². The van der Waals surface area contributed by atoms with Crippen molar-refractivity contribution in [2.24, 2.45) is 0 Å². The number of benzene rings is 1. The van der Waals surface area contributed by atoms with E-state index in [-0.39, 0.29) is 18.4 Å². The minimum Gasteiger partial charge on any atom is -0.344 e. The fourth-order valence-corrected chi connectivity index (χ4v) is 3.13. The van der Waals surface area contributed by atoms with Crippen LogP contribution < -0.4 is 5.32 Å². The van der Waals surface area contributed by atoms with Crippen molar-refractivity contribution < 1.29 is 22.8 Å². The molecule has 2 amide bonds. The lowest BCUT2D eigenvalue weighted by Gasteiger charge is -2.33. The first kappa shape index (κ1) is 15.8. The molecule has 1 saturated heterocycles. The molecule has 4 nitrogen and oxygen atoms in total. The molecule has 0 unspecified atom stereocenters. The summed E-state index contributed by atoms with van der Waals surface area (Å²) in [4.78, 5) is 25.4. The average molecular weight is 326 g/mol. The molecule has 1 aromatic rings. The largest absolute Gasteiger partial charge is 0.416 e. The molecule has 124 valence electrons. The second kappa shape index (κ2) is 5.86. The Morgan fingerprint density at radius 3 is 2.70 bits per heavy atom. The third-order valence-electron chi connectivity index (χ3n) is 4.39. The molecule has 0 aromatic heterocycles. The van der Waals surface area contributed by atoms with Crippen molar-refractivity contribution in [3.63, 3.8) is 0 Å². The van der Waals surface area contributed by atoms with E-state index in [4.69, 9.17) is 0 Å². The zero-order valence-corrected chi connectivity index (χ0v) is 12.4. The highest BCUT2D eigenvalue weighted by atomic mass is 19.4. The Kier molecular flexibility index (Phi) is 4.04. The number of nitrogens with zero attached hydrogens (tertiary/aromatic N) is 1. The first-order chi connectivity index (χ1) is 10.8. The van der Waals surface area contributed by atoms with Gasteiger partial charge in [-0.1, -0.05) is 6.07 Å². The number of fused-ring (bicyclic) bond motifs is 1. The van der Waals surface area contributed by atoms with Crippen LogP contribution in [0.3, 0.4) is 0 Å². The minimum absolute atomic E-state index is 0.147. The maximum atomic E-state index is 12.8. The normalized spacial score (nSPS) is 21.6. The Hall–Kier alpha value is -2.05. The SMILES string of the molecule is O=C1CCC[C@H](C(=O)N2CCc3ccc(C(F)(F)F)cc3C2)N1. The third kappa shape index (κ3) is 3.33. The molecule has 3 rings (SSSR count). The molecule has 1 aromatic carbocycles.